The average Bonchev–Trinajstić information content (AvgIpc) is 2.83. The van der Waals surface area contributed by atoms with Crippen molar-refractivity contribution in [2.75, 3.05) is 19.6 Å². The Balaban J connectivity index is 2.01. The zero-order valence-corrected chi connectivity index (χ0v) is 12.9. The van der Waals surface area contributed by atoms with Crippen molar-refractivity contribution in [3.63, 3.8) is 0 Å². The lowest BCUT2D eigenvalue weighted by Gasteiger charge is -2.51. The zero-order chi connectivity index (χ0) is 13.2. The van der Waals surface area contributed by atoms with Crippen LogP contribution in [0.3, 0.4) is 0 Å². The highest BCUT2D eigenvalue weighted by molar-refractivity contribution is 7.09. The average molecular weight is 266 g/mol. The first-order valence-corrected chi connectivity index (χ1v) is 7.86. The topological polar surface area (TPSA) is 15.3 Å². The molecule has 1 saturated heterocycles. The van der Waals surface area contributed by atoms with Crippen LogP contribution < -0.4 is 5.32 Å². The van der Waals surface area contributed by atoms with Crippen molar-refractivity contribution in [2.45, 2.75) is 51.6 Å². The first-order valence-electron chi connectivity index (χ1n) is 6.98. The Hall–Kier alpha value is -0.380. The molecule has 1 atom stereocenters. The molecule has 2 nitrogen and oxygen atoms in total. The van der Waals surface area contributed by atoms with Crippen LogP contribution in [0.4, 0.5) is 0 Å². The fourth-order valence-electron chi connectivity index (χ4n) is 2.66. The van der Waals surface area contributed by atoms with Gasteiger partial charge < -0.3 is 5.32 Å². The van der Waals surface area contributed by atoms with E-state index in [1.807, 2.05) is 11.3 Å². The first-order chi connectivity index (χ1) is 8.45. The summed E-state index contributed by atoms with van der Waals surface area (Å²) in [6.07, 6.45) is 2.39. The maximum Gasteiger partial charge on any atom is 0.0304 e. The van der Waals surface area contributed by atoms with Gasteiger partial charge in [-0.3, -0.25) is 4.90 Å². The predicted molar refractivity (Wildman–Crippen MR) is 80.4 cm³/mol. The molecule has 0 saturated carbocycles. The quantitative estimate of drug-likeness (QED) is 0.900. The SMILES string of the molecule is CCC1(C)CNC(C)(C)CN1CCc1cccs1. The normalized spacial score (nSPS) is 28.4. The van der Waals surface area contributed by atoms with Gasteiger partial charge in [0.15, 0.2) is 0 Å². The standard InChI is InChI=1S/C15H26N2S/c1-5-15(4)11-16-14(2,3)12-17(15)9-8-13-7-6-10-18-13/h6-7,10,16H,5,8-9,11-12H2,1-4H3. The van der Waals surface area contributed by atoms with Gasteiger partial charge in [0.2, 0.25) is 0 Å². The molecule has 1 unspecified atom stereocenters. The van der Waals surface area contributed by atoms with Crippen molar-refractivity contribution in [3.8, 4) is 0 Å². The van der Waals surface area contributed by atoms with Crippen molar-refractivity contribution in [2.24, 2.45) is 0 Å². The second-order valence-corrected chi connectivity index (χ2v) is 7.37. The molecule has 0 spiro atoms. The van der Waals surface area contributed by atoms with Gasteiger partial charge in [0, 0.05) is 35.6 Å². The smallest absolute Gasteiger partial charge is 0.0304 e. The summed E-state index contributed by atoms with van der Waals surface area (Å²) in [5.74, 6) is 0. The number of piperazine rings is 1. The summed E-state index contributed by atoms with van der Waals surface area (Å²) in [6.45, 7) is 12.7. The molecule has 1 N–H and O–H groups in total. The molecule has 1 aromatic heterocycles. The molecule has 2 heterocycles. The van der Waals surface area contributed by atoms with E-state index in [0.717, 1.165) is 13.1 Å². The fraction of sp³-hybridized carbons (Fsp3) is 0.733. The summed E-state index contributed by atoms with van der Waals surface area (Å²) in [4.78, 5) is 4.19. The third-order valence-corrected chi connectivity index (χ3v) is 5.20. The molecule has 1 aromatic rings. The number of rotatable bonds is 4. The van der Waals surface area contributed by atoms with Crippen LogP contribution in [0.1, 0.15) is 39.0 Å². The van der Waals surface area contributed by atoms with Crippen LogP contribution in [0.15, 0.2) is 17.5 Å². The van der Waals surface area contributed by atoms with Gasteiger partial charge in [0.25, 0.3) is 0 Å². The predicted octanol–water partition coefficient (Wildman–Crippen LogP) is 3.14. The van der Waals surface area contributed by atoms with Crippen molar-refractivity contribution in [1.29, 1.82) is 0 Å². The van der Waals surface area contributed by atoms with Gasteiger partial charge in [-0.2, -0.15) is 0 Å². The van der Waals surface area contributed by atoms with E-state index in [4.69, 9.17) is 0 Å². The lowest BCUT2D eigenvalue weighted by Crippen LogP contribution is -2.67. The van der Waals surface area contributed by atoms with Crippen molar-refractivity contribution in [1.82, 2.24) is 10.2 Å². The van der Waals surface area contributed by atoms with Crippen LogP contribution in [0.5, 0.6) is 0 Å². The second kappa shape index (κ2) is 5.32. The first kappa shape index (κ1) is 14.0. The van der Waals surface area contributed by atoms with E-state index in [0.29, 0.717) is 5.54 Å². The molecule has 18 heavy (non-hydrogen) atoms. The van der Waals surface area contributed by atoms with Gasteiger partial charge in [0.1, 0.15) is 0 Å². The van der Waals surface area contributed by atoms with E-state index in [1.165, 1.54) is 24.3 Å². The van der Waals surface area contributed by atoms with E-state index in [9.17, 15) is 0 Å². The van der Waals surface area contributed by atoms with Crippen LogP contribution in [0, 0.1) is 0 Å². The summed E-state index contributed by atoms with van der Waals surface area (Å²) >= 11 is 1.88. The molecule has 1 aliphatic rings. The monoisotopic (exact) mass is 266 g/mol. The van der Waals surface area contributed by atoms with Crippen LogP contribution in [-0.2, 0) is 6.42 Å². The van der Waals surface area contributed by atoms with Crippen molar-refractivity contribution >= 4 is 11.3 Å². The minimum absolute atomic E-state index is 0.240. The fourth-order valence-corrected chi connectivity index (χ4v) is 3.36. The van der Waals surface area contributed by atoms with Gasteiger partial charge in [-0.15, -0.1) is 11.3 Å². The highest BCUT2D eigenvalue weighted by Gasteiger charge is 2.39. The number of nitrogens with zero attached hydrogens (tertiary/aromatic N) is 1. The Morgan fingerprint density at radius 1 is 1.39 bits per heavy atom. The number of nitrogens with one attached hydrogen (secondary N) is 1. The highest BCUT2D eigenvalue weighted by Crippen LogP contribution is 2.27. The van der Waals surface area contributed by atoms with E-state index < -0.39 is 0 Å². The molecule has 102 valence electrons. The maximum absolute atomic E-state index is 3.68. The van der Waals surface area contributed by atoms with Crippen molar-refractivity contribution in [3.05, 3.63) is 22.4 Å². The molecule has 0 bridgehead atoms. The second-order valence-electron chi connectivity index (χ2n) is 6.34. The summed E-state index contributed by atoms with van der Waals surface area (Å²) < 4.78 is 0. The molecule has 0 radical (unpaired) electrons. The number of hydrogen-bond acceptors (Lipinski definition) is 3. The van der Waals surface area contributed by atoms with E-state index in [1.54, 1.807) is 0 Å². The zero-order valence-electron chi connectivity index (χ0n) is 12.1. The van der Waals surface area contributed by atoms with Crippen LogP contribution in [0.2, 0.25) is 0 Å². The molecule has 2 rings (SSSR count). The summed E-state index contributed by atoms with van der Waals surface area (Å²) in [7, 11) is 0. The van der Waals surface area contributed by atoms with Gasteiger partial charge in [0.05, 0.1) is 0 Å². The molecule has 0 aliphatic carbocycles. The molecule has 1 aliphatic heterocycles. The molecular formula is C15H26N2S. The molecule has 0 amide bonds. The van der Waals surface area contributed by atoms with Crippen LogP contribution >= 0.6 is 11.3 Å². The van der Waals surface area contributed by atoms with Crippen LogP contribution in [0.25, 0.3) is 0 Å². The number of thiophene rings is 1. The Kier molecular flexibility index (Phi) is 4.15. The van der Waals surface area contributed by atoms with E-state index in [-0.39, 0.29) is 5.54 Å². The molecule has 3 heteroatoms. The Morgan fingerprint density at radius 3 is 2.78 bits per heavy atom. The summed E-state index contributed by atoms with van der Waals surface area (Å²) in [6, 6.07) is 4.40. The van der Waals surface area contributed by atoms with Gasteiger partial charge in [-0.05, 0) is 45.1 Å². The van der Waals surface area contributed by atoms with Gasteiger partial charge in [-0.1, -0.05) is 13.0 Å². The minimum Gasteiger partial charge on any atom is -0.309 e. The lowest BCUT2D eigenvalue weighted by molar-refractivity contribution is 0.0255. The summed E-state index contributed by atoms with van der Waals surface area (Å²) in [5, 5.41) is 5.86. The minimum atomic E-state index is 0.240. The maximum atomic E-state index is 3.68. The number of hydrogen-bond donors (Lipinski definition) is 1. The Morgan fingerprint density at radius 2 is 2.17 bits per heavy atom. The van der Waals surface area contributed by atoms with Crippen molar-refractivity contribution < 1.29 is 0 Å². The highest BCUT2D eigenvalue weighted by atomic mass is 32.1. The largest absolute Gasteiger partial charge is 0.309 e. The third-order valence-electron chi connectivity index (χ3n) is 4.27. The molecular weight excluding hydrogens is 240 g/mol. The van der Waals surface area contributed by atoms with Gasteiger partial charge in [-0.25, -0.2) is 0 Å². The van der Waals surface area contributed by atoms with Gasteiger partial charge >= 0.3 is 0 Å². The van der Waals surface area contributed by atoms with Crippen LogP contribution in [-0.4, -0.2) is 35.6 Å². The van der Waals surface area contributed by atoms with E-state index in [2.05, 4.69) is 55.4 Å². The summed E-state index contributed by atoms with van der Waals surface area (Å²) in [5.41, 5.74) is 0.552. The Labute approximate surface area is 115 Å². The lowest BCUT2D eigenvalue weighted by atomic mass is 9.88. The Bertz CT molecular complexity index is 372. The third kappa shape index (κ3) is 3.14. The molecule has 1 fully saturated rings. The van der Waals surface area contributed by atoms with E-state index >= 15 is 0 Å². The molecule has 0 aromatic carbocycles.